The minimum Gasteiger partial charge on any atom is -0.466 e. The molecule has 3 heterocycles. The monoisotopic (exact) mass is 206 g/mol. The second kappa shape index (κ2) is 3.41. The molecule has 0 spiro atoms. The van der Waals surface area contributed by atoms with Crippen LogP contribution in [0.25, 0.3) is 0 Å². The molecule has 0 radical (unpaired) electrons. The van der Waals surface area contributed by atoms with Crippen molar-refractivity contribution in [3.63, 3.8) is 0 Å². The molecule has 1 aromatic rings. The summed E-state index contributed by atoms with van der Waals surface area (Å²) < 4.78 is 5.00. The molecule has 0 aliphatic carbocycles. The molecule has 2 aliphatic heterocycles. The molecule has 2 bridgehead atoms. The number of fused-ring (bicyclic) bond motifs is 2. The molecular formula is C10H14N4O. The molecule has 15 heavy (non-hydrogen) atoms. The van der Waals surface area contributed by atoms with E-state index in [4.69, 9.17) is 4.74 Å². The largest absolute Gasteiger partial charge is 0.466 e. The van der Waals surface area contributed by atoms with Crippen molar-refractivity contribution in [2.45, 2.75) is 12.3 Å². The molecule has 1 aromatic heterocycles. The maximum Gasteiger partial charge on any atom is 0.335 e. The van der Waals surface area contributed by atoms with Gasteiger partial charge in [0.1, 0.15) is 0 Å². The molecule has 3 unspecified atom stereocenters. The maximum absolute atomic E-state index is 5.00. The lowest BCUT2D eigenvalue weighted by molar-refractivity contribution is 0.335. The van der Waals surface area contributed by atoms with Gasteiger partial charge in [-0.05, 0) is 18.9 Å². The molecule has 0 amide bonds. The Morgan fingerprint density at radius 3 is 3.07 bits per heavy atom. The Labute approximate surface area is 88.5 Å². The summed E-state index contributed by atoms with van der Waals surface area (Å²) in [6.07, 6.45) is 3.06. The van der Waals surface area contributed by atoms with E-state index in [1.807, 2.05) is 0 Å². The SMILES string of the molecule is COc1nncc(C2CN3CCC2C3)n1. The van der Waals surface area contributed by atoms with E-state index in [2.05, 4.69) is 20.1 Å². The molecule has 2 fully saturated rings. The van der Waals surface area contributed by atoms with Gasteiger partial charge in [0.2, 0.25) is 0 Å². The quantitative estimate of drug-likeness (QED) is 0.696. The fraction of sp³-hybridized carbons (Fsp3) is 0.700. The van der Waals surface area contributed by atoms with E-state index in [0.29, 0.717) is 11.9 Å². The summed E-state index contributed by atoms with van der Waals surface area (Å²) in [7, 11) is 1.57. The number of methoxy groups -OCH3 is 1. The summed E-state index contributed by atoms with van der Waals surface area (Å²) in [5, 5.41) is 7.72. The predicted molar refractivity (Wildman–Crippen MR) is 53.7 cm³/mol. The fourth-order valence-electron chi connectivity index (χ4n) is 2.68. The summed E-state index contributed by atoms with van der Waals surface area (Å²) in [6, 6.07) is 0.380. The van der Waals surface area contributed by atoms with E-state index >= 15 is 0 Å². The number of piperidine rings is 1. The second-order valence-electron chi connectivity index (χ2n) is 4.28. The molecule has 0 aromatic carbocycles. The highest BCUT2D eigenvalue weighted by molar-refractivity contribution is 5.13. The van der Waals surface area contributed by atoms with Crippen molar-refractivity contribution in [3.05, 3.63) is 11.9 Å². The van der Waals surface area contributed by atoms with Crippen LogP contribution in [0.1, 0.15) is 18.0 Å². The van der Waals surface area contributed by atoms with Gasteiger partial charge in [0.05, 0.1) is 19.0 Å². The first-order valence-corrected chi connectivity index (χ1v) is 5.33. The van der Waals surface area contributed by atoms with Crippen LogP contribution in [0.3, 0.4) is 0 Å². The van der Waals surface area contributed by atoms with Crippen LogP contribution in [0.4, 0.5) is 0 Å². The van der Waals surface area contributed by atoms with Crippen molar-refractivity contribution in [2.75, 3.05) is 26.7 Å². The molecule has 0 N–H and O–H groups in total. The van der Waals surface area contributed by atoms with Crippen molar-refractivity contribution in [2.24, 2.45) is 5.92 Å². The van der Waals surface area contributed by atoms with Gasteiger partial charge in [-0.2, -0.15) is 10.1 Å². The maximum atomic E-state index is 5.00. The number of hydrogen-bond acceptors (Lipinski definition) is 5. The Bertz CT molecular complexity index is 370. The zero-order chi connectivity index (χ0) is 10.3. The zero-order valence-electron chi connectivity index (χ0n) is 8.76. The number of aromatic nitrogens is 3. The van der Waals surface area contributed by atoms with E-state index in [9.17, 15) is 0 Å². The minimum atomic E-state index is 0.380. The highest BCUT2D eigenvalue weighted by Gasteiger charge is 2.39. The lowest BCUT2D eigenvalue weighted by Crippen LogP contribution is -2.23. The van der Waals surface area contributed by atoms with Crippen molar-refractivity contribution in [1.29, 1.82) is 0 Å². The standard InChI is InChI=1S/C10H14N4O/c1-15-10-12-9(4-11-13-10)8-6-14-3-2-7(8)5-14/h4,7-8H,2-3,5-6H2,1H3. The van der Waals surface area contributed by atoms with E-state index in [1.54, 1.807) is 13.3 Å². The van der Waals surface area contributed by atoms with E-state index in [1.165, 1.54) is 19.5 Å². The highest BCUT2D eigenvalue weighted by Crippen LogP contribution is 2.38. The van der Waals surface area contributed by atoms with Crippen molar-refractivity contribution >= 4 is 0 Å². The van der Waals surface area contributed by atoms with Gasteiger partial charge in [-0.15, -0.1) is 0 Å². The molecule has 5 nitrogen and oxygen atoms in total. The fourth-order valence-corrected chi connectivity index (χ4v) is 2.68. The average Bonchev–Trinajstić information content (AvgIpc) is 2.91. The average molecular weight is 206 g/mol. The number of nitrogens with zero attached hydrogens (tertiary/aromatic N) is 4. The molecular weight excluding hydrogens is 192 g/mol. The van der Waals surface area contributed by atoms with E-state index in [0.717, 1.165) is 18.2 Å². The summed E-state index contributed by atoms with van der Waals surface area (Å²) >= 11 is 0. The van der Waals surface area contributed by atoms with Crippen LogP contribution in [-0.4, -0.2) is 46.8 Å². The molecule has 3 rings (SSSR count). The summed E-state index contributed by atoms with van der Waals surface area (Å²) in [5.74, 6) is 1.29. The third kappa shape index (κ3) is 1.47. The predicted octanol–water partition coefficient (Wildman–Crippen LogP) is 0.299. The van der Waals surface area contributed by atoms with Gasteiger partial charge in [-0.1, -0.05) is 5.10 Å². The topological polar surface area (TPSA) is 51.1 Å². The molecule has 0 saturated carbocycles. The van der Waals surface area contributed by atoms with Crippen LogP contribution in [-0.2, 0) is 0 Å². The Balaban J connectivity index is 1.86. The molecule has 2 saturated heterocycles. The van der Waals surface area contributed by atoms with Crippen molar-refractivity contribution in [3.8, 4) is 6.01 Å². The van der Waals surface area contributed by atoms with Gasteiger partial charge < -0.3 is 9.64 Å². The van der Waals surface area contributed by atoms with Gasteiger partial charge >= 0.3 is 6.01 Å². The Hall–Kier alpha value is -1.23. The summed E-state index contributed by atoms with van der Waals surface area (Å²) in [4.78, 5) is 6.86. The van der Waals surface area contributed by atoms with Crippen LogP contribution in [0.2, 0.25) is 0 Å². The first kappa shape index (κ1) is 9.03. The van der Waals surface area contributed by atoms with Crippen LogP contribution in [0.5, 0.6) is 6.01 Å². The number of hydrogen-bond donors (Lipinski definition) is 0. The third-order valence-corrected chi connectivity index (χ3v) is 3.45. The molecule has 5 heteroatoms. The van der Waals surface area contributed by atoms with Crippen molar-refractivity contribution < 1.29 is 4.74 Å². The molecule has 2 aliphatic rings. The van der Waals surface area contributed by atoms with Crippen molar-refractivity contribution in [1.82, 2.24) is 20.1 Å². The Morgan fingerprint density at radius 1 is 1.47 bits per heavy atom. The first-order chi connectivity index (χ1) is 7.36. The number of ether oxygens (including phenoxy) is 1. The Morgan fingerprint density at radius 2 is 2.40 bits per heavy atom. The minimum absolute atomic E-state index is 0.380. The summed E-state index contributed by atoms with van der Waals surface area (Å²) in [5.41, 5.74) is 1.04. The van der Waals surface area contributed by atoms with Gasteiger partial charge in [-0.25, -0.2) is 0 Å². The van der Waals surface area contributed by atoms with Crippen LogP contribution < -0.4 is 4.74 Å². The normalized spacial score (nSPS) is 33.3. The smallest absolute Gasteiger partial charge is 0.335 e. The van der Waals surface area contributed by atoms with Gasteiger partial charge in [0.25, 0.3) is 0 Å². The summed E-state index contributed by atoms with van der Waals surface area (Å²) in [6.45, 7) is 3.58. The second-order valence-corrected chi connectivity index (χ2v) is 4.28. The lowest BCUT2D eigenvalue weighted by Gasteiger charge is -2.20. The van der Waals surface area contributed by atoms with Crippen LogP contribution in [0, 0.1) is 5.92 Å². The van der Waals surface area contributed by atoms with Crippen LogP contribution >= 0.6 is 0 Å². The van der Waals surface area contributed by atoms with Gasteiger partial charge in [-0.3, -0.25) is 0 Å². The highest BCUT2D eigenvalue weighted by atomic mass is 16.5. The van der Waals surface area contributed by atoms with Gasteiger partial charge in [0.15, 0.2) is 0 Å². The van der Waals surface area contributed by atoms with E-state index in [-0.39, 0.29) is 0 Å². The van der Waals surface area contributed by atoms with Crippen LogP contribution in [0.15, 0.2) is 6.20 Å². The zero-order valence-corrected chi connectivity index (χ0v) is 8.76. The third-order valence-electron chi connectivity index (χ3n) is 3.45. The molecule has 3 atom stereocenters. The van der Waals surface area contributed by atoms with E-state index < -0.39 is 0 Å². The Kier molecular flexibility index (Phi) is 2.05. The first-order valence-electron chi connectivity index (χ1n) is 5.33. The lowest BCUT2D eigenvalue weighted by atomic mass is 9.90. The van der Waals surface area contributed by atoms with Gasteiger partial charge in [0, 0.05) is 19.0 Å². The molecule has 80 valence electrons. The number of rotatable bonds is 2.